The van der Waals surface area contributed by atoms with Crippen LogP contribution in [0.2, 0.25) is 0 Å². The van der Waals surface area contributed by atoms with Crippen LogP contribution in [0.1, 0.15) is 43.3 Å². The Bertz CT molecular complexity index is 420. The van der Waals surface area contributed by atoms with Crippen molar-refractivity contribution in [2.24, 2.45) is 0 Å². The predicted molar refractivity (Wildman–Crippen MR) is 75.8 cm³/mol. The molecule has 1 aromatic heterocycles. The van der Waals surface area contributed by atoms with E-state index in [1.165, 1.54) is 4.88 Å². The maximum atomic E-state index is 11.9. The molecule has 1 atom stereocenters. The minimum atomic E-state index is -0.203. The molecule has 5 heteroatoms. The van der Waals surface area contributed by atoms with Crippen molar-refractivity contribution >= 4 is 17.2 Å². The summed E-state index contributed by atoms with van der Waals surface area (Å²) in [7, 11) is 0. The number of aryl methyl sites for hydroxylation is 2. The fraction of sp³-hybridized carbons (Fsp3) is 0.692. The molecule has 4 nitrogen and oxygen atoms in total. The quantitative estimate of drug-likeness (QED) is 0.880. The van der Waals surface area contributed by atoms with Crippen LogP contribution < -0.4 is 10.6 Å². The summed E-state index contributed by atoms with van der Waals surface area (Å²) in [6.45, 7) is 12.5. The molecule has 1 unspecified atom stereocenters. The van der Waals surface area contributed by atoms with Crippen LogP contribution in [-0.4, -0.2) is 22.5 Å². The Labute approximate surface area is 113 Å². The third kappa shape index (κ3) is 4.74. The first-order valence-corrected chi connectivity index (χ1v) is 6.99. The molecule has 1 rings (SSSR count). The molecule has 1 aromatic rings. The van der Waals surface area contributed by atoms with Gasteiger partial charge in [0.05, 0.1) is 16.7 Å². The van der Waals surface area contributed by atoms with Gasteiger partial charge in [-0.2, -0.15) is 0 Å². The summed E-state index contributed by atoms with van der Waals surface area (Å²) in [6, 6.07) is -0.203. The number of hydrogen-bond donors (Lipinski definition) is 2. The number of thiazole rings is 1. The molecule has 18 heavy (non-hydrogen) atoms. The van der Waals surface area contributed by atoms with Gasteiger partial charge in [-0.25, -0.2) is 4.98 Å². The van der Waals surface area contributed by atoms with E-state index in [-0.39, 0.29) is 17.5 Å². The summed E-state index contributed by atoms with van der Waals surface area (Å²) in [5.74, 6) is 0.0291. The van der Waals surface area contributed by atoms with Gasteiger partial charge in [-0.15, -0.1) is 11.3 Å². The van der Waals surface area contributed by atoms with E-state index in [0.29, 0.717) is 6.54 Å². The smallest absolute Gasteiger partial charge is 0.237 e. The van der Waals surface area contributed by atoms with Gasteiger partial charge in [0.15, 0.2) is 0 Å². The number of aromatic nitrogens is 1. The summed E-state index contributed by atoms with van der Waals surface area (Å²) in [6.07, 6.45) is 0. The van der Waals surface area contributed by atoms with Gasteiger partial charge in [0.25, 0.3) is 0 Å². The van der Waals surface area contributed by atoms with Gasteiger partial charge in [0.2, 0.25) is 5.91 Å². The highest BCUT2D eigenvalue weighted by Gasteiger charge is 2.19. The van der Waals surface area contributed by atoms with Gasteiger partial charge in [-0.1, -0.05) is 0 Å². The van der Waals surface area contributed by atoms with Crippen molar-refractivity contribution in [3.63, 3.8) is 0 Å². The predicted octanol–water partition coefficient (Wildman–Crippen LogP) is 2.15. The Kier molecular flexibility index (Phi) is 4.87. The largest absolute Gasteiger partial charge is 0.350 e. The van der Waals surface area contributed by atoms with Crippen molar-refractivity contribution in [2.45, 2.75) is 59.7 Å². The van der Waals surface area contributed by atoms with E-state index in [9.17, 15) is 4.79 Å². The lowest BCUT2D eigenvalue weighted by atomic mass is 10.1. The minimum Gasteiger partial charge on any atom is -0.350 e. The van der Waals surface area contributed by atoms with Crippen LogP contribution >= 0.6 is 11.3 Å². The van der Waals surface area contributed by atoms with Crippen molar-refractivity contribution < 1.29 is 4.79 Å². The normalized spacial score (nSPS) is 13.4. The fourth-order valence-corrected chi connectivity index (χ4v) is 2.44. The topological polar surface area (TPSA) is 54.0 Å². The number of nitrogens with zero attached hydrogens (tertiary/aromatic N) is 1. The molecule has 0 bridgehead atoms. The van der Waals surface area contributed by atoms with E-state index in [1.54, 1.807) is 11.3 Å². The second-order valence-corrected chi connectivity index (χ2v) is 6.87. The van der Waals surface area contributed by atoms with Gasteiger partial charge in [-0.3, -0.25) is 4.79 Å². The molecule has 1 amide bonds. The summed E-state index contributed by atoms with van der Waals surface area (Å²) >= 11 is 1.68. The Hall–Kier alpha value is -0.940. The molecule has 0 spiro atoms. The van der Waals surface area contributed by atoms with Crippen molar-refractivity contribution in [1.29, 1.82) is 0 Å². The van der Waals surface area contributed by atoms with Crippen molar-refractivity contribution in [3.8, 4) is 0 Å². The molecule has 0 radical (unpaired) electrons. The molecule has 0 aromatic carbocycles. The Morgan fingerprint density at radius 2 is 2.00 bits per heavy atom. The van der Waals surface area contributed by atoms with E-state index in [2.05, 4.69) is 15.6 Å². The highest BCUT2D eigenvalue weighted by atomic mass is 32.1. The standard InChI is InChI=1S/C13H23N3OS/c1-8-11(18-10(3)15-8)7-14-9(2)12(17)16-13(4,5)6/h9,14H,7H2,1-6H3,(H,16,17). The first-order chi connectivity index (χ1) is 8.19. The van der Waals surface area contributed by atoms with E-state index < -0.39 is 0 Å². The Morgan fingerprint density at radius 3 is 2.44 bits per heavy atom. The van der Waals surface area contributed by atoms with Gasteiger partial charge >= 0.3 is 0 Å². The maximum Gasteiger partial charge on any atom is 0.237 e. The summed E-state index contributed by atoms with van der Waals surface area (Å²) < 4.78 is 0. The van der Waals surface area contributed by atoms with E-state index in [4.69, 9.17) is 0 Å². The number of rotatable bonds is 4. The van der Waals surface area contributed by atoms with Gasteiger partial charge in [0, 0.05) is 17.0 Å². The fourth-order valence-electron chi connectivity index (χ4n) is 1.55. The zero-order chi connectivity index (χ0) is 13.9. The van der Waals surface area contributed by atoms with Crippen LogP contribution in [0.4, 0.5) is 0 Å². The lowest BCUT2D eigenvalue weighted by Gasteiger charge is -2.23. The zero-order valence-corrected chi connectivity index (χ0v) is 12.9. The van der Waals surface area contributed by atoms with Gasteiger partial charge in [-0.05, 0) is 41.5 Å². The molecular weight excluding hydrogens is 246 g/mol. The van der Waals surface area contributed by atoms with Crippen LogP contribution in [0.5, 0.6) is 0 Å². The monoisotopic (exact) mass is 269 g/mol. The summed E-state index contributed by atoms with van der Waals surface area (Å²) in [5.41, 5.74) is 0.859. The van der Waals surface area contributed by atoms with Crippen LogP contribution in [0.15, 0.2) is 0 Å². The molecule has 0 aliphatic heterocycles. The van der Waals surface area contributed by atoms with Gasteiger partial charge < -0.3 is 10.6 Å². The van der Waals surface area contributed by atoms with E-state index >= 15 is 0 Å². The highest BCUT2D eigenvalue weighted by Crippen LogP contribution is 2.16. The molecule has 0 fully saturated rings. The van der Waals surface area contributed by atoms with Crippen LogP contribution in [-0.2, 0) is 11.3 Å². The Morgan fingerprint density at radius 1 is 1.39 bits per heavy atom. The first-order valence-electron chi connectivity index (χ1n) is 6.17. The SMILES string of the molecule is Cc1nc(C)c(CNC(C)C(=O)NC(C)(C)C)s1. The number of carbonyl (C=O) groups excluding carboxylic acids is 1. The van der Waals surface area contributed by atoms with E-state index in [0.717, 1.165) is 10.7 Å². The minimum absolute atomic E-state index is 0.0291. The van der Waals surface area contributed by atoms with Crippen molar-refractivity contribution in [1.82, 2.24) is 15.6 Å². The first kappa shape index (κ1) is 15.1. The number of amides is 1. The highest BCUT2D eigenvalue weighted by molar-refractivity contribution is 7.11. The van der Waals surface area contributed by atoms with Gasteiger partial charge in [0.1, 0.15) is 0 Å². The summed E-state index contributed by atoms with van der Waals surface area (Å²) in [5, 5.41) is 7.26. The maximum absolute atomic E-state index is 11.9. The van der Waals surface area contributed by atoms with Crippen LogP contribution in [0, 0.1) is 13.8 Å². The zero-order valence-electron chi connectivity index (χ0n) is 12.0. The molecular formula is C13H23N3OS. The molecule has 0 aliphatic rings. The van der Waals surface area contributed by atoms with Crippen molar-refractivity contribution in [3.05, 3.63) is 15.6 Å². The second kappa shape index (κ2) is 5.80. The van der Waals surface area contributed by atoms with E-state index in [1.807, 2.05) is 41.5 Å². The molecule has 0 saturated heterocycles. The third-order valence-corrected chi connectivity index (χ3v) is 3.53. The van der Waals surface area contributed by atoms with Crippen LogP contribution in [0.3, 0.4) is 0 Å². The second-order valence-electron chi connectivity index (χ2n) is 5.58. The lowest BCUT2D eigenvalue weighted by molar-refractivity contribution is -0.124. The number of hydrogen-bond acceptors (Lipinski definition) is 4. The average Bonchev–Trinajstić information content (AvgIpc) is 2.51. The molecule has 0 saturated carbocycles. The third-order valence-electron chi connectivity index (χ3n) is 2.46. The average molecular weight is 269 g/mol. The van der Waals surface area contributed by atoms with Crippen molar-refractivity contribution in [2.75, 3.05) is 0 Å². The number of carbonyl (C=O) groups is 1. The molecule has 0 aliphatic carbocycles. The molecule has 102 valence electrons. The van der Waals surface area contributed by atoms with Crippen LogP contribution in [0.25, 0.3) is 0 Å². The lowest BCUT2D eigenvalue weighted by Crippen LogP contribution is -2.49. The Balaban J connectivity index is 2.48. The molecule has 1 heterocycles. The number of nitrogens with one attached hydrogen (secondary N) is 2. The molecule has 2 N–H and O–H groups in total. The summed E-state index contributed by atoms with van der Waals surface area (Å²) in [4.78, 5) is 17.5.